The number of ether oxygens (including phenoxy) is 2. The van der Waals surface area contributed by atoms with Crippen LogP contribution in [0.3, 0.4) is 0 Å². The molecule has 6 heteroatoms. The van der Waals surface area contributed by atoms with E-state index in [1.165, 1.54) is 4.68 Å². The Kier molecular flexibility index (Phi) is 4.29. The van der Waals surface area contributed by atoms with E-state index in [4.69, 9.17) is 21.1 Å². The topological polar surface area (TPSA) is 53.4 Å². The van der Waals surface area contributed by atoms with E-state index in [9.17, 15) is 4.79 Å². The second-order valence-electron chi connectivity index (χ2n) is 4.19. The van der Waals surface area contributed by atoms with Crippen LogP contribution in [0.2, 0.25) is 0 Å². The zero-order chi connectivity index (χ0) is 14.7. The van der Waals surface area contributed by atoms with Gasteiger partial charge in [-0.2, -0.15) is 5.10 Å². The van der Waals surface area contributed by atoms with Crippen LogP contribution in [-0.2, 0) is 12.9 Å². The fourth-order valence-corrected chi connectivity index (χ4v) is 2.09. The summed E-state index contributed by atoms with van der Waals surface area (Å²) >= 11 is 5.78. The minimum atomic E-state index is -0.191. The zero-order valence-corrected chi connectivity index (χ0v) is 12.3. The molecule has 20 heavy (non-hydrogen) atoms. The van der Waals surface area contributed by atoms with Crippen LogP contribution in [0.1, 0.15) is 5.56 Å². The number of hydrogen-bond donors (Lipinski definition) is 0. The van der Waals surface area contributed by atoms with Gasteiger partial charge in [0.1, 0.15) is 0 Å². The van der Waals surface area contributed by atoms with Gasteiger partial charge in [-0.3, -0.25) is 4.79 Å². The van der Waals surface area contributed by atoms with Gasteiger partial charge in [0.25, 0.3) is 5.56 Å². The van der Waals surface area contributed by atoms with Crippen molar-refractivity contribution in [2.45, 2.75) is 5.88 Å². The second-order valence-corrected chi connectivity index (χ2v) is 4.45. The highest BCUT2D eigenvalue weighted by atomic mass is 35.5. The highest BCUT2D eigenvalue weighted by molar-refractivity contribution is 6.17. The van der Waals surface area contributed by atoms with Gasteiger partial charge >= 0.3 is 0 Å². The molecule has 1 heterocycles. The minimum Gasteiger partial charge on any atom is -0.493 e. The summed E-state index contributed by atoms with van der Waals surface area (Å²) in [6, 6.07) is 7.15. The Morgan fingerprint density at radius 3 is 2.50 bits per heavy atom. The van der Waals surface area contributed by atoms with Crippen LogP contribution in [0.15, 0.2) is 29.1 Å². The predicted molar refractivity (Wildman–Crippen MR) is 77.6 cm³/mol. The number of aromatic nitrogens is 2. The Morgan fingerprint density at radius 1 is 1.20 bits per heavy atom. The summed E-state index contributed by atoms with van der Waals surface area (Å²) in [5.74, 6) is 1.39. The van der Waals surface area contributed by atoms with Crippen molar-refractivity contribution in [2.24, 2.45) is 7.05 Å². The number of halogens is 1. The quantitative estimate of drug-likeness (QED) is 0.811. The van der Waals surface area contributed by atoms with Gasteiger partial charge in [-0.15, -0.1) is 11.6 Å². The molecule has 1 aromatic heterocycles. The molecule has 0 bridgehead atoms. The molecule has 1 aromatic carbocycles. The fourth-order valence-electron chi connectivity index (χ4n) is 1.90. The maximum absolute atomic E-state index is 11.8. The molecule has 106 valence electrons. The largest absolute Gasteiger partial charge is 0.493 e. The van der Waals surface area contributed by atoms with Crippen LogP contribution in [0.25, 0.3) is 11.3 Å². The molecule has 5 nitrogen and oxygen atoms in total. The first-order chi connectivity index (χ1) is 9.60. The zero-order valence-electron chi connectivity index (χ0n) is 11.5. The normalized spacial score (nSPS) is 10.4. The third-order valence-corrected chi connectivity index (χ3v) is 3.25. The van der Waals surface area contributed by atoms with Crippen molar-refractivity contribution < 1.29 is 9.47 Å². The second kappa shape index (κ2) is 5.96. The van der Waals surface area contributed by atoms with Crippen molar-refractivity contribution in [2.75, 3.05) is 14.2 Å². The van der Waals surface area contributed by atoms with E-state index in [1.807, 2.05) is 12.1 Å². The molecule has 0 N–H and O–H groups in total. The number of aryl methyl sites for hydroxylation is 1. The smallest absolute Gasteiger partial charge is 0.270 e. The maximum atomic E-state index is 11.8. The van der Waals surface area contributed by atoms with Gasteiger partial charge in [-0.05, 0) is 24.3 Å². The van der Waals surface area contributed by atoms with Gasteiger partial charge in [0, 0.05) is 18.2 Å². The molecule has 0 spiro atoms. The van der Waals surface area contributed by atoms with E-state index in [0.29, 0.717) is 22.8 Å². The molecular weight excluding hydrogens is 280 g/mol. The molecule has 0 atom stereocenters. The van der Waals surface area contributed by atoms with Crippen molar-refractivity contribution in [1.29, 1.82) is 0 Å². The Labute approximate surface area is 121 Å². The maximum Gasteiger partial charge on any atom is 0.270 e. The van der Waals surface area contributed by atoms with Crippen molar-refractivity contribution in [1.82, 2.24) is 9.78 Å². The molecule has 0 aliphatic heterocycles. The molecule has 0 saturated carbocycles. The summed E-state index contributed by atoms with van der Waals surface area (Å²) in [6.45, 7) is 0. The third-order valence-electron chi connectivity index (χ3n) is 2.96. The van der Waals surface area contributed by atoms with Crippen LogP contribution in [0, 0.1) is 0 Å². The van der Waals surface area contributed by atoms with Gasteiger partial charge in [0.15, 0.2) is 11.5 Å². The lowest BCUT2D eigenvalue weighted by molar-refractivity contribution is 0.355. The Bertz CT molecular complexity index is 683. The van der Waals surface area contributed by atoms with E-state index in [1.54, 1.807) is 33.4 Å². The van der Waals surface area contributed by atoms with Gasteiger partial charge in [0.2, 0.25) is 0 Å². The van der Waals surface area contributed by atoms with Crippen molar-refractivity contribution in [3.05, 3.63) is 40.2 Å². The lowest BCUT2D eigenvalue weighted by Gasteiger charge is -2.10. The Balaban J connectivity index is 2.57. The molecule has 0 fully saturated rings. The van der Waals surface area contributed by atoms with Crippen molar-refractivity contribution in [3.63, 3.8) is 0 Å². The first-order valence-corrected chi connectivity index (χ1v) is 6.49. The summed E-state index contributed by atoms with van der Waals surface area (Å²) in [5.41, 5.74) is 1.80. The number of alkyl halides is 1. The summed E-state index contributed by atoms with van der Waals surface area (Å²) in [7, 11) is 4.75. The Morgan fingerprint density at radius 2 is 1.90 bits per heavy atom. The van der Waals surface area contributed by atoms with Crippen molar-refractivity contribution in [3.8, 4) is 22.8 Å². The SMILES string of the molecule is COc1ccc(-c2cc(CCl)c(=O)n(C)n2)cc1OC. The predicted octanol–water partition coefficient (Wildman–Crippen LogP) is 2.20. The number of nitrogens with zero attached hydrogens (tertiary/aromatic N) is 2. The number of methoxy groups -OCH3 is 2. The summed E-state index contributed by atoms with van der Waals surface area (Å²) in [4.78, 5) is 11.8. The summed E-state index contributed by atoms with van der Waals surface area (Å²) in [6.07, 6.45) is 0. The first kappa shape index (κ1) is 14.4. The van der Waals surface area contributed by atoms with Crippen LogP contribution < -0.4 is 15.0 Å². The monoisotopic (exact) mass is 294 g/mol. The standard InChI is InChI=1S/C14H15ClN2O3/c1-17-14(18)10(8-15)6-11(16-17)9-4-5-12(19-2)13(7-9)20-3/h4-7H,8H2,1-3H3. The van der Waals surface area contributed by atoms with Crippen LogP contribution >= 0.6 is 11.6 Å². The van der Waals surface area contributed by atoms with Gasteiger partial charge in [0.05, 0.1) is 25.8 Å². The lowest BCUT2D eigenvalue weighted by Crippen LogP contribution is -2.23. The highest BCUT2D eigenvalue weighted by Crippen LogP contribution is 2.31. The van der Waals surface area contributed by atoms with Crippen LogP contribution in [0.5, 0.6) is 11.5 Å². The fraction of sp³-hybridized carbons (Fsp3) is 0.286. The van der Waals surface area contributed by atoms with E-state index in [2.05, 4.69) is 5.10 Å². The molecule has 0 amide bonds. The average Bonchev–Trinajstić information content (AvgIpc) is 2.49. The first-order valence-electron chi connectivity index (χ1n) is 5.96. The van der Waals surface area contributed by atoms with Gasteiger partial charge < -0.3 is 9.47 Å². The molecule has 0 radical (unpaired) electrons. The van der Waals surface area contributed by atoms with Crippen molar-refractivity contribution >= 4 is 11.6 Å². The number of hydrogen-bond acceptors (Lipinski definition) is 4. The van der Waals surface area contributed by atoms with Gasteiger partial charge in [-0.25, -0.2) is 4.68 Å². The van der Waals surface area contributed by atoms with E-state index < -0.39 is 0 Å². The van der Waals surface area contributed by atoms with Gasteiger partial charge in [-0.1, -0.05) is 0 Å². The van der Waals surface area contributed by atoms with Crippen LogP contribution in [-0.4, -0.2) is 24.0 Å². The molecule has 2 aromatic rings. The highest BCUT2D eigenvalue weighted by Gasteiger charge is 2.10. The Hall–Kier alpha value is -2.01. The third kappa shape index (κ3) is 2.63. The molecule has 0 aliphatic carbocycles. The lowest BCUT2D eigenvalue weighted by atomic mass is 10.1. The van der Waals surface area contributed by atoms with E-state index >= 15 is 0 Å². The number of benzene rings is 1. The molecule has 2 rings (SSSR count). The average molecular weight is 295 g/mol. The number of rotatable bonds is 4. The molecular formula is C14H15ClN2O3. The summed E-state index contributed by atoms with van der Waals surface area (Å²) < 4.78 is 11.7. The molecule has 0 saturated heterocycles. The molecule has 0 unspecified atom stereocenters. The van der Waals surface area contributed by atoms with E-state index in [-0.39, 0.29) is 11.4 Å². The van der Waals surface area contributed by atoms with Crippen LogP contribution in [0.4, 0.5) is 0 Å². The minimum absolute atomic E-state index is 0.148. The van der Waals surface area contributed by atoms with E-state index in [0.717, 1.165) is 5.56 Å². The summed E-state index contributed by atoms with van der Waals surface area (Å²) in [5, 5.41) is 4.23. The molecule has 0 aliphatic rings.